The monoisotopic (exact) mass is 438 g/mol. The molecule has 0 aliphatic carbocycles. The molecule has 0 bridgehead atoms. The maximum absolute atomic E-state index is 12.5. The molecule has 1 amide bonds. The third-order valence-electron chi connectivity index (χ3n) is 4.01. The van der Waals surface area contributed by atoms with E-state index in [9.17, 15) is 4.79 Å². The van der Waals surface area contributed by atoms with Gasteiger partial charge >= 0.3 is 0 Å². The van der Waals surface area contributed by atoms with E-state index in [0.29, 0.717) is 31.3 Å². The highest BCUT2D eigenvalue weighted by Gasteiger charge is 2.24. The Labute approximate surface area is 161 Å². The van der Waals surface area contributed by atoms with E-state index in [1.54, 1.807) is 11.3 Å². The van der Waals surface area contributed by atoms with Crippen molar-refractivity contribution in [1.82, 2.24) is 19.9 Å². The molecule has 4 heterocycles. The van der Waals surface area contributed by atoms with Gasteiger partial charge in [-0.2, -0.15) is 4.98 Å². The fraction of sp³-hybridized carbons (Fsp3) is 0.312. The molecule has 1 saturated heterocycles. The lowest BCUT2D eigenvalue weighted by atomic mass is 10.3. The Bertz CT molecular complexity index is 853. The third kappa shape index (κ3) is 3.84. The van der Waals surface area contributed by atoms with E-state index in [-0.39, 0.29) is 5.91 Å². The van der Waals surface area contributed by atoms with Crippen LogP contribution in [0.3, 0.4) is 0 Å². The number of carbonyl (C=O) groups is 1. The Morgan fingerprint density at radius 2 is 2.08 bits per heavy atom. The van der Waals surface area contributed by atoms with Gasteiger partial charge < -0.3 is 9.42 Å². The second kappa shape index (κ2) is 7.36. The summed E-state index contributed by atoms with van der Waals surface area (Å²) in [6.07, 6.45) is 0. The Morgan fingerprint density at radius 1 is 1.24 bits per heavy atom. The lowest BCUT2D eigenvalue weighted by molar-refractivity contribution is 0.0620. The van der Waals surface area contributed by atoms with Gasteiger partial charge in [0.25, 0.3) is 5.91 Å². The summed E-state index contributed by atoms with van der Waals surface area (Å²) in [5, 5.41) is 6.03. The van der Waals surface area contributed by atoms with Crippen LogP contribution >= 0.6 is 38.6 Å². The fourth-order valence-electron chi connectivity index (χ4n) is 2.71. The van der Waals surface area contributed by atoms with Gasteiger partial charge in [0.1, 0.15) is 0 Å². The maximum Gasteiger partial charge on any atom is 0.264 e. The summed E-state index contributed by atoms with van der Waals surface area (Å²) >= 11 is 6.47. The number of aromatic nitrogens is 2. The third-order valence-corrected chi connectivity index (χ3v) is 6.49. The minimum atomic E-state index is 0.105. The molecule has 6 nitrogen and oxygen atoms in total. The molecule has 130 valence electrons. The summed E-state index contributed by atoms with van der Waals surface area (Å²) in [4.78, 5) is 22.8. The number of amides is 1. The Hall–Kier alpha value is -1.55. The lowest BCUT2D eigenvalue weighted by Crippen LogP contribution is -2.48. The van der Waals surface area contributed by atoms with Crippen molar-refractivity contribution in [1.29, 1.82) is 0 Å². The minimum absolute atomic E-state index is 0.105. The highest BCUT2D eigenvalue weighted by Crippen LogP contribution is 2.24. The fourth-order valence-corrected chi connectivity index (χ4v) is 4.71. The van der Waals surface area contributed by atoms with E-state index in [4.69, 9.17) is 4.52 Å². The Morgan fingerprint density at radius 3 is 2.76 bits per heavy atom. The molecule has 0 N–H and O–H groups in total. The van der Waals surface area contributed by atoms with E-state index in [2.05, 4.69) is 31.0 Å². The van der Waals surface area contributed by atoms with Gasteiger partial charge in [0.15, 0.2) is 0 Å². The zero-order valence-corrected chi connectivity index (χ0v) is 16.4. The quantitative estimate of drug-likeness (QED) is 0.622. The number of carbonyl (C=O) groups excluding carboxylic acids is 1. The summed E-state index contributed by atoms with van der Waals surface area (Å²) in [5.41, 5.74) is 0. The number of halogens is 1. The number of thiophene rings is 2. The summed E-state index contributed by atoms with van der Waals surface area (Å²) < 4.78 is 6.34. The number of rotatable bonds is 4. The molecule has 0 saturated carbocycles. The topological polar surface area (TPSA) is 62.5 Å². The molecular formula is C16H15BrN4O2S2. The van der Waals surface area contributed by atoms with Gasteiger partial charge in [-0.25, -0.2) is 0 Å². The van der Waals surface area contributed by atoms with Gasteiger partial charge in [-0.15, -0.1) is 22.7 Å². The summed E-state index contributed by atoms with van der Waals surface area (Å²) in [6.45, 7) is 3.63. The summed E-state index contributed by atoms with van der Waals surface area (Å²) in [7, 11) is 0. The minimum Gasteiger partial charge on any atom is -0.338 e. The first-order valence-corrected chi connectivity index (χ1v) is 10.3. The van der Waals surface area contributed by atoms with E-state index in [1.165, 1.54) is 11.3 Å². The molecule has 3 aromatic heterocycles. The second-order valence-corrected chi connectivity index (χ2v) is 9.07. The average molecular weight is 439 g/mol. The standard InChI is InChI=1S/C16H15BrN4O2S2/c17-13-4-3-12(25-13)16(22)21-7-5-20(6-8-21)10-14-18-15(19-23-14)11-2-1-9-24-11/h1-4,9H,5-8,10H2. The molecule has 1 aliphatic heterocycles. The molecule has 1 fully saturated rings. The molecule has 0 spiro atoms. The molecule has 0 radical (unpaired) electrons. The van der Waals surface area contributed by atoms with Crippen LogP contribution in [-0.4, -0.2) is 52.0 Å². The van der Waals surface area contributed by atoms with Crippen molar-refractivity contribution in [3.8, 4) is 10.7 Å². The number of hydrogen-bond acceptors (Lipinski definition) is 7. The summed E-state index contributed by atoms with van der Waals surface area (Å²) in [5.74, 6) is 1.36. The van der Waals surface area contributed by atoms with Crippen LogP contribution in [0.25, 0.3) is 10.7 Å². The van der Waals surface area contributed by atoms with Crippen molar-refractivity contribution in [3.05, 3.63) is 44.2 Å². The maximum atomic E-state index is 12.5. The molecule has 3 aromatic rings. The van der Waals surface area contributed by atoms with Crippen molar-refractivity contribution in [3.63, 3.8) is 0 Å². The van der Waals surface area contributed by atoms with Gasteiger partial charge in [-0.05, 0) is 39.5 Å². The molecule has 1 aliphatic rings. The van der Waals surface area contributed by atoms with E-state index < -0.39 is 0 Å². The molecule has 4 rings (SSSR count). The van der Waals surface area contributed by atoms with Crippen LogP contribution < -0.4 is 0 Å². The Balaban J connectivity index is 1.32. The Kier molecular flexibility index (Phi) is 4.98. The zero-order chi connectivity index (χ0) is 17.2. The summed E-state index contributed by atoms with van der Waals surface area (Å²) in [6, 6.07) is 7.73. The van der Waals surface area contributed by atoms with Crippen molar-refractivity contribution >= 4 is 44.5 Å². The highest BCUT2D eigenvalue weighted by molar-refractivity contribution is 9.11. The van der Waals surface area contributed by atoms with E-state index in [0.717, 1.165) is 26.6 Å². The molecule has 0 unspecified atom stereocenters. The number of piperazine rings is 1. The molecule has 0 atom stereocenters. The predicted octanol–water partition coefficient (Wildman–Crippen LogP) is 3.58. The van der Waals surface area contributed by atoms with Crippen LogP contribution in [0.4, 0.5) is 0 Å². The van der Waals surface area contributed by atoms with Crippen molar-refractivity contribution in [2.75, 3.05) is 26.2 Å². The first kappa shape index (κ1) is 16.9. The van der Waals surface area contributed by atoms with Gasteiger partial charge in [-0.1, -0.05) is 11.2 Å². The smallest absolute Gasteiger partial charge is 0.264 e. The predicted molar refractivity (Wildman–Crippen MR) is 101 cm³/mol. The van der Waals surface area contributed by atoms with E-state index in [1.807, 2.05) is 34.5 Å². The van der Waals surface area contributed by atoms with Crippen LogP contribution in [0.5, 0.6) is 0 Å². The molecular weight excluding hydrogens is 424 g/mol. The van der Waals surface area contributed by atoms with Crippen molar-refractivity contribution in [2.45, 2.75) is 6.54 Å². The average Bonchev–Trinajstić information content (AvgIpc) is 3.36. The normalized spacial score (nSPS) is 15.6. The van der Waals surface area contributed by atoms with Gasteiger partial charge in [0, 0.05) is 26.2 Å². The van der Waals surface area contributed by atoms with Crippen molar-refractivity contribution in [2.24, 2.45) is 0 Å². The highest BCUT2D eigenvalue weighted by atomic mass is 79.9. The SMILES string of the molecule is O=C(c1ccc(Br)s1)N1CCN(Cc2nc(-c3cccs3)no2)CC1. The lowest BCUT2D eigenvalue weighted by Gasteiger charge is -2.33. The van der Waals surface area contributed by atoms with Crippen LogP contribution in [0.2, 0.25) is 0 Å². The first-order chi connectivity index (χ1) is 12.2. The number of nitrogens with zero attached hydrogens (tertiary/aromatic N) is 4. The zero-order valence-electron chi connectivity index (χ0n) is 13.2. The van der Waals surface area contributed by atoms with Gasteiger partial charge in [0.2, 0.25) is 11.7 Å². The van der Waals surface area contributed by atoms with Gasteiger partial charge in [0.05, 0.1) is 20.1 Å². The van der Waals surface area contributed by atoms with E-state index >= 15 is 0 Å². The molecule has 25 heavy (non-hydrogen) atoms. The number of hydrogen-bond donors (Lipinski definition) is 0. The second-order valence-electron chi connectivity index (χ2n) is 5.66. The van der Waals surface area contributed by atoms with Crippen molar-refractivity contribution < 1.29 is 9.32 Å². The van der Waals surface area contributed by atoms with Crippen LogP contribution in [-0.2, 0) is 6.54 Å². The largest absolute Gasteiger partial charge is 0.338 e. The van der Waals surface area contributed by atoms with Crippen LogP contribution in [0.15, 0.2) is 38.0 Å². The van der Waals surface area contributed by atoms with Gasteiger partial charge in [-0.3, -0.25) is 9.69 Å². The molecule has 0 aromatic carbocycles. The first-order valence-electron chi connectivity index (χ1n) is 7.82. The van der Waals surface area contributed by atoms with Crippen LogP contribution in [0, 0.1) is 0 Å². The molecule has 9 heteroatoms. The van der Waals surface area contributed by atoms with Crippen LogP contribution in [0.1, 0.15) is 15.6 Å².